The minimum absolute atomic E-state index is 0.0231. The zero-order valence-corrected chi connectivity index (χ0v) is 15.8. The third-order valence-corrected chi connectivity index (χ3v) is 4.96. The molecule has 140 valence electrons. The van der Waals surface area contributed by atoms with Crippen molar-refractivity contribution < 1.29 is 9.18 Å². The molecule has 7 nitrogen and oxygen atoms in total. The molecule has 3 aromatic rings. The number of nitrogens with zero attached hydrogens (tertiary/aromatic N) is 4. The summed E-state index contributed by atoms with van der Waals surface area (Å²) in [5.41, 5.74) is 14.5. The van der Waals surface area contributed by atoms with E-state index in [9.17, 15) is 9.18 Å². The minimum atomic E-state index is -0.271. The average molecular weight is 386 g/mol. The molecule has 0 amide bonds. The Morgan fingerprint density at radius 2 is 1.74 bits per heavy atom. The summed E-state index contributed by atoms with van der Waals surface area (Å²) >= 11 is 1.16. The molecule has 1 aromatic carbocycles. The van der Waals surface area contributed by atoms with Crippen molar-refractivity contribution in [2.24, 2.45) is 0 Å². The number of nitrogens with two attached hydrogens (primary N) is 2. The lowest BCUT2D eigenvalue weighted by Crippen LogP contribution is -2.09. The number of Topliss-reactive ketones (excluding diaryl/α,β-unsaturated/α-hetero) is 1. The van der Waals surface area contributed by atoms with Gasteiger partial charge in [0.1, 0.15) is 5.82 Å². The summed E-state index contributed by atoms with van der Waals surface area (Å²) in [4.78, 5) is 24.3. The highest BCUT2D eigenvalue weighted by Gasteiger charge is 2.17. The second-order valence-corrected chi connectivity index (χ2v) is 6.99. The molecule has 0 fully saturated rings. The number of anilines is 2. The number of hydrogen-bond acceptors (Lipinski definition) is 7. The van der Waals surface area contributed by atoms with Crippen LogP contribution in [0, 0.1) is 19.7 Å². The largest absolute Gasteiger partial charge is 0.368 e. The van der Waals surface area contributed by atoms with E-state index in [4.69, 9.17) is 11.5 Å². The van der Waals surface area contributed by atoms with Gasteiger partial charge in [-0.3, -0.25) is 4.79 Å². The Labute approximate surface area is 160 Å². The van der Waals surface area contributed by atoms with Crippen molar-refractivity contribution in [1.29, 1.82) is 0 Å². The van der Waals surface area contributed by atoms with E-state index in [0.29, 0.717) is 17.3 Å². The molecule has 0 atom stereocenters. The number of rotatable bonds is 6. The van der Waals surface area contributed by atoms with Crippen LogP contribution in [0.15, 0.2) is 35.5 Å². The van der Waals surface area contributed by atoms with Gasteiger partial charge in [-0.05, 0) is 37.6 Å². The van der Waals surface area contributed by atoms with Crippen molar-refractivity contribution in [2.75, 3.05) is 17.2 Å². The fourth-order valence-electron chi connectivity index (χ4n) is 2.76. The quantitative estimate of drug-likeness (QED) is 0.494. The second kappa shape index (κ2) is 7.75. The highest BCUT2D eigenvalue weighted by Crippen LogP contribution is 2.21. The van der Waals surface area contributed by atoms with E-state index < -0.39 is 0 Å². The van der Waals surface area contributed by atoms with Crippen LogP contribution in [0.1, 0.15) is 27.3 Å². The van der Waals surface area contributed by atoms with E-state index in [1.165, 1.54) is 12.1 Å². The normalized spacial score (nSPS) is 10.9. The molecule has 3 rings (SSSR count). The van der Waals surface area contributed by atoms with Gasteiger partial charge < -0.3 is 16.0 Å². The molecule has 0 aliphatic rings. The van der Waals surface area contributed by atoms with Crippen molar-refractivity contribution >= 4 is 29.4 Å². The molecular weight excluding hydrogens is 367 g/mol. The molecule has 0 aliphatic carbocycles. The smallest absolute Gasteiger partial charge is 0.225 e. The molecule has 2 aromatic heterocycles. The second-order valence-electron chi connectivity index (χ2n) is 6.04. The van der Waals surface area contributed by atoms with Crippen LogP contribution in [0.2, 0.25) is 0 Å². The molecule has 9 heteroatoms. The van der Waals surface area contributed by atoms with Crippen molar-refractivity contribution in [3.8, 4) is 0 Å². The molecule has 0 saturated carbocycles. The Hall–Kier alpha value is -2.94. The molecule has 0 spiro atoms. The number of benzene rings is 1. The highest BCUT2D eigenvalue weighted by atomic mass is 32.2. The first kappa shape index (κ1) is 18.8. The Balaban J connectivity index is 1.74. The van der Waals surface area contributed by atoms with Gasteiger partial charge in [0.05, 0.1) is 5.75 Å². The van der Waals surface area contributed by atoms with E-state index in [1.54, 1.807) is 12.1 Å². The van der Waals surface area contributed by atoms with Crippen LogP contribution in [-0.2, 0) is 6.54 Å². The van der Waals surface area contributed by atoms with E-state index in [0.717, 1.165) is 28.7 Å². The van der Waals surface area contributed by atoms with Crippen molar-refractivity contribution in [3.05, 3.63) is 58.7 Å². The Bertz CT molecular complexity index is 966. The number of halogens is 1. The monoisotopic (exact) mass is 386 g/mol. The predicted molar refractivity (Wildman–Crippen MR) is 103 cm³/mol. The minimum Gasteiger partial charge on any atom is -0.368 e. The van der Waals surface area contributed by atoms with Gasteiger partial charge in [0.25, 0.3) is 0 Å². The van der Waals surface area contributed by atoms with E-state index >= 15 is 0 Å². The Morgan fingerprint density at radius 1 is 1.11 bits per heavy atom. The van der Waals surface area contributed by atoms with Gasteiger partial charge >= 0.3 is 0 Å². The standard InChI is InChI=1S/C18H19FN6OS/c1-10-7-14(11(2)25(10)8-12-3-5-13(19)6-4-12)15(26)9-27-18-23-16(20)22-17(21)24-18/h3-7H,8-9H2,1-2H3,(H4,20,21,22,23,24). The predicted octanol–water partition coefficient (Wildman–Crippen LogP) is 2.62. The summed E-state index contributed by atoms with van der Waals surface area (Å²) in [5.74, 6) is -0.114. The Morgan fingerprint density at radius 3 is 2.37 bits per heavy atom. The van der Waals surface area contributed by atoms with E-state index in [-0.39, 0.29) is 29.2 Å². The number of aryl methyl sites for hydroxylation is 1. The summed E-state index contributed by atoms with van der Waals surface area (Å²) in [5, 5.41) is 0.313. The van der Waals surface area contributed by atoms with Gasteiger partial charge in [0, 0.05) is 23.5 Å². The third-order valence-electron chi connectivity index (χ3n) is 4.11. The molecule has 0 aliphatic heterocycles. The zero-order valence-electron chi connectivity index (χ0n) is 14.9. The van der Waals surface area contributed by atoms with Crippen molar-refractivity contribution in [1.82, 2.24) is 19.5 Å². The summed E-state index contributed by atoms with van der Waals surface area (Å²) in [6.07, 6.45) is 0. The van der Waals surface area contributed by atoms with Gasteiger partial charge in [-0.25, -0.2) is 4.39 Å². The molecular formula is C18H19FN6OS. The number of aromatic nitrogens is 4. The lowest BCUT2D eigenvalue weighted by molar-refractivity contribution is 0.102. The number of thioether (sulfide) groups is 1. The van der Waals surface area contributed by atoms with Crippen molar-refractivity contribution in [2.45, 2.75) is 25.5 Å². The molecule has 4 N–H and O–H groups in total. The van der Waals surface area contributed by atoms with Crippen LogP contribution < -0.4 is 11.5 Å². The molecule has 0 bridgehead atoms. The fraction of sp³-hybridized carbons (Fsp3) is 0.222. The van der Waals surface area contributed by atoms with Crippen LogP contribution >= 0.6 is 11.8 Å². The van der Waals surface area contributed by atoms with Crippen LogP contribution in [0.4, 0.5) is 16.3 Å². The van der Waals surface area contributed by atoms with Gasteiger partial charge in [-0.1, -0.05) is 23.9 Å². The SMILES string of the molecule is Cc1cc(C(=O)CSc2nc(N)nc(N)n2)c(C)n1Cc1ccc(F)cc1. The van der Waals surface area contributed by atoms with Gasteiger partial charge in [-0.15, -0.1) is 0 Å². The van der Waals surface area contributed by atoms with Crippen molar-refractivity contribution in [3.63, 3.8) is 0 Å². The maximum atomic E-state index is 13.1. The molecule has 2 heterocycles. The van der Waals surface area contributed by atoms with Crippen LogP contribution in [0.5, 0.6) is 0 Å². The lowest BCUT2D eigenvalue weighted by Gasteiger charge is -2.10. The maximum Gasteiger partial charge on any atom is 0.225 e. The highest BCUT2D eigenvalue weighted by molar-refractivity contribution is 7.99. The number of ketones is 1. The summed E-state index contributed by atoms with van der Waals surface area (Å²) < 4.78 is 15.1. The number of carbonyl (C=O) groups is 1. The molecule has 0 radical (unpaired) electrons. The van der Waals surface area contributed by atoms with Crippen LogP contribution in [0.3, 0.4) is 0 Å². The molecule has 27 heavy (non-hydrogen) atoms. The zero-order chi connectivity index (χ0) is 19.6. The number of nitrogen functional groups attached to an aromatic ring is 2. The van der Waals surface area contributed by atoms with Gasteiger partial charge in [0.15, 0.2) is 10.9 Å². The van der Waals surface area contributed by atoms with Gasteiger partial charge in [-0.2, -0.15) is 15.0 Å². The van der Waals surface area contributed by atoms with Crippen LogP contribution in [0.25, 0.3) is 0 Å². The Kier molecular flexibility index (Phi) is 5.41. The first-order chi connectivity index (χ1) is 12.8. The summed E-state index contributed by atoms with van der Waals surface area (Å²) in [7, 11) is 0. The summed E-state index contributed by atoms with van der Waals surface area (Å²) in [6, 6.07) is 8.19. The average Bonchev–Trinajstić information content (AvgIpc) is 2.89. The number of hydrogen-bond donors (Lipinski definition) is 2. The first-order valence-electron chi connectivity index (χ1n) is 8.17. The lowest BCUT2D eigenvalue weighted by atomic mass is 10.2. The third kappa shape index (κ3) is 4.43. The number of carbonyl (C=O) groups excluding carboxylic acids is 1. The summed E-state index contributed by atoms with van der Waals surface area (Å²) in [6.45, 7) is 4.40. The molecule has 0 unspecified atom stereocenters. The fourth-order valence-corrected chi connectivity index (χ4v) is 3.49. The van der Waals surface area contributed by atoms with E-state index in [1.807, 2.05) is 24.5 Å². The van der Waals surface area contributed by atoms with Gasteiger partial charge in [0.2, 0.25) is 11.9 Å². The maximum absolute atomic E-state index is 13.1. The first-order valence-corrected chi connectivity index (χ1v) is 9.16. The molecule has 0 saturated heterocycles. The van der Waals surface area contributed by atoms with E-state index in [2.05, 4.69) is 15.0 Å². The topological polar surface area (TPSA) is 113 Å². The van der Waals surface area contributed by atoms with Crippen LogP contribution in [-0.4, -0.2) is 31.1 Å².